The molecule has 3 rings (SSSR count). The van der Waals surface area contributed by atoms with Gasteiger partial charge in [-0.3, -0.25) is 4.90 Å². The first-order valence-electron chi connectivity index (χ1n) is 7.76. The zero-order valence-electron chi connectivity index (χ0n) is 12.4. The molecule has 2 nitrogen and oxygen atoms in total. The molecule has 0 bridgehead atoms. The summed E-state index contributed by atoms with van der Waals surface area (Å²) in [5.74, 6) is 0.890. The number of fused-ring (bicyclic) bond motifs is 1. The Labute approximate surface area is 117 Å². The van der Waals surface area contributed by atoms with Crippen LogP contribution in [0.3, 0.4) is 0 Å². The fraction of sp³-hybridized carbons (Fsp3) is 0.647. The zero-order chi connectivity index (χ0) is 13.2. The molecule has 0 spiro atoms. The molecular weight excluding hydrogens is 232 g/mol. The Hall–Kier alpha value is -0.860. The first kappa shape index (κ1) is 13.1. The van der Waals surface area contributed by atoms with Gasteiger partial charge in [0.2, 0.25) is 0 Å². The van der Waals surface area contributed by atoms with Gasteiger partial charge in [-0.2, -0.15) is 0 Å². The molecule has 1 aromatic rings. The first-order valence-corrected chi connectivity index (χ1v) is 7.76. The summed E-state index contributed by atoms with van der Waals surface area (Å²) < 4.78 is 0. The van der Waals surface area contributed by atoms with E-state index in [2.05, 4.69) is 42.0 Å². The molecule has 1 fully saturated rings. The highest BCUT2D eigenvalue weighted by molar-refractivity contribution is 5.33. The Morgan fingerprint density at radius 2 is 2.11 bits per heavy atom. The smallest absolute Gasteiger partial charge is 0.0236 e. The van der Waals surface area contributed by atoms with Crippen LogP contribution in [0.1, 0.15) is 30.0 Å². The highest BCUT2D eigenvalue weighted by atomic mass is 15.2. The Morgan fingerprint density at radius 1 is 1.21 bits per heavy atom. The monoisotopic (exact) mass is 258 g/mol. The molecule has 2 heteroatoms. The minimum atomic E-state index is 0.890. The second kappa shape index (κ2) is 5.64. The lowest BCUT2D eigenvalue weighted by Gasteiger charge is -2.31. The summed E-state index contributed by atoms with van der Waals surface area (Å²) in [5, 5.41) is 0. The summed E-state index contributed by atoms with van der Waals surface area (Å²) >= 11 is 0. The summed E-state index contributed by atoms with van der Waals surface area (Å²) in [6.07, 6.45) is 3.78. The van der Waals surface area contributed by atoms with Crippen molar-refractivity contribution < 1.29 is 0 Å². The maximum absolute atomic E-state index is 2.67. The van der Waals surface area contributed by atoms with Crippen LogP contribution in [0, 0.1) is 5.92 Å². The molecule has 104 valence electrons. The molecule has 0 aliphatic carbocycles. The molecule has 0 radical (unpaired) electrons. The second-order valence-corrected chi connectivity index (χ2v) is 6.36. The van der Waals surface area contributed by atoms with Crippen molar-refractivity contribution in [2.24, 2.45) is 5.92 Å². The number of hydrogen-bond acceptors (Lipinski definition) is 2. The van der Waals surface area contributed by atoms with Crippen LogP contribution in [-0.4, -0.2) is 43.0 Å². The Morgan fingerprint density at radius 3 is 2.84 bits per heavy atom. The van der Waals surface area contributed by atoms with E-state index in [1.54, 1.807) is 11.1 Å². The largest absolute Gasteiger partial charge is 0.306 e. The predicted molar refractivity (Wildman–Crippen MR) is 80.4 cm³/mol. The highest BCUT2D eigenvalue weighted by Crippen LogP contribution is 2.23. The van der Waals surface area contributed by atoms with Gasteiger partial charge in [0.25, 0.3) is 0 Å². The number of benzene rings is 1. The maximum Gasteiger partial charge on any atom is 0.0236 e. The Bertz CT molecular complexity index is 441. The van der Waals surface area contributed by atoms with E-state index < -0.39 is 0 Å². The lowest BCUT2D eigenvalue weighted by Crippen LogP contribution is -2.35. The number of likely N-dealkylation sites (tertiary alicyclic amines) is 1. The van der Waals surface area contributed by atoms with Crippen molar-refractivity contribution in [3.8, 4) is 0 Å². The average Bonchev–Trinajstić information content (AvgIpc) is 2.83. The van der Waals surface area contributed by atoms with Crippen LogP contribution in [0.4, 0.5) is 0 Å². The van der Waals surface area contributed by atoms with E-state index in [-0.39, 0.29) is 0 Å². The summed E-state index contributed by atoms with van der Waals surface area (Å²) in [5.41, 5.74) is 4.65. The summed E-state index contributed by atoms with van der Waals surface area (Å²) in [4.78, 5) is 5.14. The topological polar surface area (TPSA) is 6.48 Å². The lowest BCUT2D eigenvalue weighted by atomic mass is 9.95. The standard InChI is InChI=1S/C17H26N2/c1-3-14-4-5-16-7-9-19(13-17(16)10-14)12-15-6-8-18(2)11-15/h4-5,10,15H,3,6-9,11-13H2,1-2H3. The van der Waals surface area contributed by atoms with Gasteiger partial charge in [0, 0.05) is 26.2 Å². The molecule has 1 atom stereocenters. The molecule has 2 heterocycles. The third-order valence-corrected chi connectivity index (χ3v) is 4.78. The number of hydrogen-bond donors (Lipinski definition) is 0. The van der Waals surface area contributed by atoms with Crippen molar-refractivity contribution in [3.05, 3.63) is 34.9 Å². The van der Waals surface area contributed by atoms with E-state index in [9.17, 15) is 0 Å². The van der Waals surface area contributed by atoms with Gasteiger partial charge in [-0.15, -0.1) is 0 Å². The number of nitrogens with zero attached hydrogens (tertiary/aromatic N) is 2. The molecule has 2 aliphatic heterocycles. The summed E-state index contributed by atoms with van der Waals surface area (Å²) in [6.45, 7) is 8.53. The van der Waals surface area contributed by atoms with Gasteiger partial charge in [0.05, 0.1) is 0 Å². The molecule has 0 aromatic heterocycles. The van der Waals surface area contributed by atoms with Crippen molar-refractivity contribution in [1.29, 1.82) is 0 Å². The minimum absolute atomic E-state index is 0.890. The fourth-order valence-electron chi connectivity index (χ4n) is 3.59. The molecular formula is C17H26N2. The predicted octanol–water partition coefficient (Wildman–Crippen LogP) is 2.56. The average molecular weight is 258 g/mol. The third-order valence-electron chi connectivity index (χ3n) is 4.78. The SMILES string of the molecule is CCc1ccc2c(c1)CN(CC1CCN(C)C1)CC2. The van der Waals surface area contributed by atoms with Gasteiger partial charge in [-0.25, -0.2) is 0 Å². The van der Waals surface area contributed by atoms with Gasteiger partial charge in [-0.05, 0) is 55.5 Å². The van der Waals surface area contributed by atoms with E-state index in [0.717, 1.165) is 12.3 Å². The molecule has 0 saturated carbocycles. The van der Waals surface area contributed by atoms with E-state index in [1.165, 1.54) is 51.1 Å². The summed E-state index contributed by atoms with van der Waals surface area (Å²) in [6, 6.07) is 7.09. The van der Waals surface area contributed by atoms with E-state index in [0.29, 0.717) is 0 Å². The first-order chi connectivity index (χ1) is 9.24. The third kappa shape index (κ3) is 3.01. The summed E-state index contributed by atoms with van der Waals surface area (Å²) in [7, 11) is 2.25. The van der Waals surface area contributed by atoms with Crippen molar-refractivity contribution in [3.63, 3.8) is 0 Å². The quantitative estimate of drug-likeness (QED) is 0.822. The van der Waals surface area contributed by atoms with Crippen LogP contribution < -0.4 is 0 Å². The molecule has 1 unspecified atom stereocenters. The van der Waals surface area contributed by atoms with Crippen LogP contribution >= 0.6 is 0 Å². The number of rotatable bonds is 3. The lowest BCUT2D eigenvalue weighted by molar-refractivity contribution is 0.214. The van der Waals surface area contributed by atoms with E-state index in [1.807, 2.05) is 0 Å². The van der Waals surface area contributed by atoms with Gasteiger partial charge in [0.1, 0.15) is 0 Å². The molecule has 19 heavy (non-hydrogen) atoms. The molecule has 0 N–H and O–H groups in total. The zero-order valence-corrected chi connectivity index (χ0v) is 12.4. The van der Waals surface area contributed by atoms with Gasteiger partial charge in [0.15, 0.2) is 0 Å². The van der Waals surface area contributed by atoms with Crippen LogP contribution in [0.5, 0.6) is 0 Å². The maximum atomic E-state index is 2.67. The normalized spacial score (nSPS) is 24.6. The van der Waals surface area contributed by atoms with E-state index >= 15 is 0 Å². The second-order valence-electron chi connectivity index (χ2n) is 6.36. The van der Waals surface area contributed by atoms with Crippen LogP contribution in [-0.2, 0) is 19.4 Å². The van der Waals surface area contributed by atoms with Crippen LogP contribution in [0.15, 0.2) is 18.2 Å². The van der Waals surface area contributed by atoms with Crippen molar-refractivity contribution >= 4 is 0 Å². The molecule has 1 saturated heterocycles. The van der Waals surface area contributed by atoms with Crippen molar-refractivity contribution in [2.45, 2.75) is 32.7 Å². The highest BCUT2D eigenvalue weighted by Gasteiger charge is 2.24. The fourth-order valence-corrected chi connectivity index (χ4v) is 3.59. The van der Waals surface area contributed by atoms with E-state index in [4.69, 9.17) is 0 Å². The molecule has 0 amide bonds. The molecule has 1 aromatic carbocycles. The minimum Gasteiger partial charge on any atom is -0.306 e. The van der Waals surface area contributed by atoms with Crippen LogP contribution in [0.2, 0.25) is 0 Å². The van der Waals surface area contributed by atoms with Gasteiger partial charge in [-0.1, -0.05) is 25.1 Å². The van der Waals surface area contributed by atoms with Gasteiger partial charge < -0.3 is 4.90 Å². The van der Waals surface area contributed by atoms with Crippen LogP contribution in [0.25, 0.3) is 0 Å². The number of aryl methyl sites for hydroxylation is 1. The Balaban J connectivity index is 1.64. The van der Waals surface area contributed by atoms with Crippen molar-refractivity contribution in [1.82, 2.24) is 9.80 Å². The Kier molecular flexibility index (Phi) is 3.90. The van der Waals surface area contributed by atoms with Crippen molar-refractivity contribution in [2.75, 3.05) is 33.2 Å². The van der Waals surface area contributed by atoms with Gasteiger partial charge >= 0.3 is 0 Å². The molecule has 2 aliphatic rings.